The van der Waals surface area contributed by atoms with Crippen LogP contribution >= 0.6 is 34.8 Å². The molecule has 4 atom stereocenters. The summed E-state index contributed by atoms with van der Waals surface area (Å²) >= 11 is 18.7. The highest BCUT2D eigenvalue weighted by molar-refractivity contribution is 6.42. The number of carbonyl (C=O) groups excluding carboxylic acids is 1. The lowest BCUT2D eigenvalue weighted by atomic mass is 9.72. The molecule has 2 heterocycles. The van der Waals surface area contributed by atoms with Crippen molar-refractivity contribution in [2.45, 2.75) is 62.7 Å². The molecule has 1 aliphatic carbocycles. The molecule has 1 saturated carbocycles. The van der Waals surface area contributed by atoms with Crippen molar-refractivity contribution in [2.24, 2.45) is 5.92 Å². The van der Waals surface area contributed by atoms with Gasteiger partial charge in [0.15, 0.2) is 11.6 Å². The summed E-state index contributed by atoms with van der Waals surface area (Å²) in [6.07, 6.45) is 4.17. The van der Waals surface area contributed by atoms with E-state index in [4.69, 9.17) is 39.5 Å². The van der Waals surface area contributed by atoms with E-state index in [1.165, 1.54) is 0 Å². The SMILES string of the molecule is O=C(C1C2CNCC(C[C@@H]1c1ccc(CCCOc3c(F)ccc(F)c3Cl)cc1)N2)N(Cc1cccc(Cl)c1Cl)C1CC1. The van der Waals surface area contributed by atoms with Crippen molar-refractivity contribution in [3.63, 3.8) is 0 Å². The predicted molar refractivity (Wildman–Crippen MR) is 166 cm³/mol. The Labute approximate surface area is 265 Å². The monoisotopic (exact) mass is 647 g/mol. The van der Waals surface area contributed by atoms with Gasteiger partial charge < -0.3 is 20.3 Å². The van der Waals surface area contributed by atoms with Crippen molar-refractivity contribution in [3.8, 4) is 5.75 Å². The minimum atomic E-state index is -0.711. The number of aryl methyl sites for hydroxylation is 1. The van der Waals surface area contributed by atoms with E-state index < -0.39 is 11.6 Å². The molecule has 0 radical (unpaired) electrons. The zero-order valence-corrected chi connectivity index (χ0v) is 25.9. The van der Waals surface area contributed by atoms with Gasteiger partial charge in [-0.15, -0.1) is 0 Å². The number of piperidine rings is 1. The fourth-order valence-electron chi connectivity index (χ4n) is 6.48. The van der Waals surface area contributed by atoms with Crippen LogP contribution in [-0.4, -0.2) is 48.6 Å². The number of ether oxygens (including phenoxy) is 1. The van der Waals surface area contributed by atoms with Crippen LogP contribution in [0.25, 0.3) is 0 Å². The number of carbonyl (C=O) groups is 1. The Bertz CT molecular complexity index is 1470. The lowest BCUT2D eigenvalue weighted by Crippen LogP contribution is -2.65. The predicted octanol–water partition coefficient (Wildman–Crippen LogP) is 7.16. The Morgan fingerprint density at radius 3 is 2.49 bits per heavy atom. The molecule has 10 heteroatoms. The summed E-state index contributed by atoms with van der Waals surface area (Å²) in [5.74, 6) is -1.62. The largest absolute Gasteiger partial charge is 0.489 e. The van der Waals surface area contributed by atoms with Gasteiger partial charge in [-0.05, 0) is 72.9 Å². The third-order valence-corrected chi connectivity index (χ3v) is 10.0. The third-order valence-electron chi connectivity index (χ3n) is 8.80. The molecule has 3 aromatic carbocycles. The van der Waals surface area contributed by atoms with Crippen LogP contribution in [0.5, 0.6) is 5.75 Å². The standard InChI is InChI=1S/C33H34Cl3F2N3O2/c34-25-5-1-4-21(30(25)35)18-41(23-10-11-23)33(42)29-24(15-22-16-39-17-28(29)40-22)20-8-6-19(7-9-20)3-2-14-43-32-27(38)13-12-26(37)31(32)36/h1,4-9,12-13,22-24,28-29,39-40H,2-3,10-11,14-18H2/t22?,24-,28?,29?/m1/s1. The number of nitrogens with zero attached hydrogens (tertiary/aromatic N) is 1. The number of piperazine rings is 1. The van der Waals surface area contributed by atoms with E-state index in [1.807, 2.05) is 17.0 Å². The molecular formula is C33H34Cl3F2N3O2. The molecule has 3 unspecified atom stereocenters. The molecular weight excluding hydrogens is 615 g/mol. The van der Waals surface area contributed by atoms with E-state index >= 15 is 0 Å². The van der Waals surface area contributed by atoms with Crippen LogP contribution < -0.4 is 15.4 Å². The van der Waals surface area contributed by atoms with Gasteiger partial charge in [0.1, 0.15) is 10.8 Å². The van der Waals surface area contributed by atoms with Gasteiger partial charge >= 0.3 is 0 Å². The van der Waals surface area contributed by atoms with E-state index in [2.05, 4.69) is 34.9 Å². The van der Waals surface area contributed by atoms with Crippen molar-refractivity contribution in [3.05, 3.63) is 98.0 Å². The zero-order valence-electron chi connectivity index (χ0n) is 23.6. The van der Waals surface area contributed by atoms with E-state index in [0.717, 1.165) is 61.2 Å². The lowest BCUT2D eigenvalue weighted by Gasteiger charge is -2.47. The summed E-state index contributed by atoms with van der Waals surface area (Å²) in [5.41, 5.74) is 3.12. The maximum atomic E-state index is 14.4. The highest BCUT2D eigenvalue weighted by Crippen LogP contribution is 2.41. The lowest BCUT2D eigenvalue weighted by molar-refractivity contribution is -0.140. The normalized spacial score (nSPS) is 23.2. The Morgan fingerprint density at radius 1 is 0.953 bits per heavy atom. The number of hydrogen-bond donors (Lipinski definition) is 2. The second-order valence-electron chi connectivity index (χ2n) is 11.8. The smallest absolute Gasteiger partial charge is 0.228 e. The summed E-state index contributed by atoms with van der Waals surface area (Å²) in [5, 5.41) is 7.90. The summed E-state index contributed by atoms with van der Waals surface area (Å²) in [6.45, 7) is 2.28. The van der Waals surface area contributed by atoms with Gasteiger partial charge in [-0.3, -0.25) is 4.79 Å². The Hall–Kier alpha value is -2.42. The highest BCUT2D eigenvalue weighted by atomic mass is 35.5. The van der Waals surface area contributed by atoms with E-state index in [-0.39, 0.29) is 47.2 Å². The minimum Gasteiger partial charge on any atom is -0.489 e. The topological polar surface area (TPSA) is 53.6 Å². The molecule has 3 aromatic rings. The first-order valence-corrected chi connectivity index (χ1v) is 16.0. The van der Waals surface area contributed by atoms with Crippen LogP contribution in [0.2, 0.25) is 15.1 Å². The third kappa shape index (κ3) is 6.81. The maximum absolute atomic E-state index is 14.4. The molecule has 5 nitrogen and oxygen atoms in total. The summed E-state index contributed by atoms with van der Waals surface area (Å²) in [4.78, 5) is 16.4. The van der Waals surface area contributed by atoms with Crippen LogP contribution in [-0.2, 0) is 17.8 Å². The maximum Gasteiger partial charge on any atom is 0.228 e. The minimum absolute atomic E-state index is 0.0351. The average Bonchev–Trinajstić information content (AvgIpc) is 3.85. The van der Waals surface area contributed by atoms with Crippen LogP contribution in [0.1, 0.15) is 48.3 Å². The molecule has 1 amide bonds. The molecule has 2 N–H and O–H groups in total. The van der Waals surface area contributed by atoms with Crippen molar-refractivity contribution in [2.75, 3.05) is 19.7 Å². The summed E-state index contributed by atoms with van der Waals surface area (Å²) < 4.78 is 33.1. The van der Waals surface area contributed by atoms with E-state index in [9.17, 15) is 13.6 Å². The first kappa shape index (κ1) is 30.6. The summed E-state index contributed by atoms with van der Waals surface area (Å²) in [7, 11) is 0. The van der Waals surface area contributed by atoms with Crippen LogP contribution in [0.3, 0.4) is 0 Å². The van der Waals surface area contributed by atoms with Gasteiger partial charge in [-0.1, -0.05) is 71.2 Å². The number of hydrogen-bond acceptors (Lipinski definition) is 4. The van der Waals surface area contributed by atoms with Gasteiger partial charge in [0.25, 0.3) is 0 Å². The fraction of sp³-hybridized carbons (Fsp3) is 0.424. The molecule has 43 heavy (non-hydrogen) atoms. The van der Waals surface area contributed by atoms with Gasteiger partial charge in [0.05, 0.1) is 22.6 Å². The molecule has 0 spiro atoms. The Balaban J connectivity index is 1.15. The van der Waals surface area contributed by atoms with Crippen LogP contribution in [0.4, 0.5) is 8.78 Å². The fourth-order valence-corrected chi connectivity index (χ4v) is 7.07. The first-order chi connectivity index (χ1) is 20.8. The summed E-state index contributed by atoms with van der Waals surface area (Å²) in [6, 6.07) is 16.6. The van der Waals surface area contributed by atoms with Crippen LogP contribution in [0, 0.1) is 17.6 Å². The second kappa shape index (κ2) is 13.3. The molecule has 0 aromatic heterocycles. The molecule has 2 saturated heterocycles. The highest BCUT2D eigenvalue weighted by Gasteiger charge is 2.47. The van der Waals surface area contributed by atoms with Crippen molar-refractivity contribution in [1.29, 1.82) is 0 Å². The molecule has 2 bridgehead atoms. The van der Waals surface area contributed by atoms with E-state index in [0.29, 0.717) is 35.5 Å². The quantitative estimate of drug-likeness (QED) is 0.181. The molecule has 3 fully saturated rings. The number of rotatable bonds is 10. The Morgan fingerprint density at radius 2 is 1.72 bits per heavy atom. The number of fused-ring (bicyclic) bond motifs is 2. The molecule has 228 valence electrons. The van der Waals surface area contributed by atoms with Crippen molar-refractivity contribution >= 4 is 40.7 Å². The molecule has 3 aliphatic rings. The molecule has 2 aliphatic heterocycles. The Kier molecular flexibility index (Phi) is 9.46. The molecule has 6 rings (SSSR count). The van der Waals surface area contributed by atoms with Gasteiger partial charge in [-0.25, -0.2) is 8.78 Å². The zero-order chi connectivity index (χ0) is 30.1. The van der Waals surface area contributed by atoms with Gasteiger partial charge in [-0.2, -0.15) is 0 Å². The van der Waals surface area contributed by atoms with Gasteiger partial charge in [0, 0.05) is 37.8 Å². The van der Waals surface area contributed by atoms with Crippen LogP contribution in [0.15, 0.2) is 54.6 Å². The number of nitrogens with one attached hydrogen (secondary N) is 2. The van der Waals surface area contributed by atoms with Crippen molar-refractivity contribution < 1.29 is 18.3 Å². The number of halogens is 5. The number of benzene rings is 3. The second-order valence-corrected chi connectivity index (χ2v) is 12.9. The van der Waals surface area contributed by atoms with Gasteiger partial charge in [0.2, 0.25) is 5.91 Å². The van der Waals surface area contributed by atoms with E-state index in [1.54, 1.807) is 6.07 Å². The first-order valence-electron chi connectivity index (χ1n) is 14.9. The average molecular weight is 649 g/mol. The number of amides is 1. The van der Waals surface area contributed by atoms with Crippen molar-refractivity contribution in [1.82, 2.24) is 15.5 Å².